The molecule has 0 spiro atoms. The Kier molecular flexibility index (Phi) is 5.67. The van der Waals surface area contributed by atoms with Crippen molar-refractivity contribution in [3.63, 3.8) is 0 Å². The molecule has 0 aliphatic carbocycles. The van der Waals surface area contributed by atoms with Crippen LogP contribution in [-0.2, 0) is 0 Å². The molecule has 0 bridgehead atoms. The molecule has 0 saturated carbocycles. The average Bonchev–Trinajstić information content (AvgIpc) is 2.55. The van der Waals surface area contributed by atoms with Gasteiger partial charge in [0.05, 0.1) is 27.0 Å². The van der Waals surface area contributed by atoms with Crippen LogP contribution in [0.15, 0.2) is 17.1 Å². The fourth-order valence-corrected chi connectivity index (χ4v) is 2.52. The number of benzene rings is 1. The molecule has 1 fully saturated rings. The van der Waals surface area contributed by atoms with Gasteiger partial charge in [0.25, 0.3) is 0 Å². The first kappa shape index (κ1) is 16.9. The largest absolute Gasteiger partial charge is 0.493 e. The Labute approximate surface area is 136 Å². The summed E-state index contributed by atoms with van der Waals surface area (Å²) in [5, 5.41) is 2.74. The molecule has 23 heavy (non-hydrogen) atoms. The molecular formula is C16H23N3O4. The Bertz CT molecular complexity index is 576. The second-order valence-corrected chi connectivity index (χ2v) is 5.25. The van der Waals surface area contributed by atoms with Gasteiger partial charge in [0, 0.05) is 32.1 Å². The SMILES string of the molecule is COc1cc(NC(=O)N=C2CCCCN2C)cc(OC)c1OC. The van der Waals surface area contributed by atoms with E-state index < -0.39 is 6.03 Å². The molecule has 1 aromatic carbocycles. The molecule has 0 unspecified atom stereocenters. The summed E-state index contributed by atoms with van der Waals surface area (Å²) in [6.07, 6.45) is 3.00. The normalized spacial score (nSPS) is 16.2. The standard InChI is InChI=1S/C16H23N3O4/c1-19-8-6-5-7-14(19)18-16(20)17-11-9-12(21-2)15(23-4)13(10-11)22-3/h9-10H,5-8H2,1-4H3,(H,17,20). The zero-order chi connectivity index (χ0) is 16.8. The number of likely N-dealkylation sites (tertiary alicyclic amines) is 1. The molecule has 1 heterocycles. The van der Waals surface area contributed by atoms with Crippen LogP contribution in [-0.4, -0.2) is 51.7 Å². The number of aliphatic imine (C=N–C) groups is 1. The van der Waals surface area contributed by atoms with Gasteiger partial charge in [0.2, 0.25) is 5.75 Å². The third kappa shape index (κ3) is 4.06. The van der Waals surface area contributed by atoms with Crippen LogP contribution in [0.2, 0.25) is 0 Å². The number of nitrogens with zero attached hydrogens (tertiary/aromatic N) is 2. The maximum Gasteiger partial charge on any atom is 0.347 e. The molecule has 126 valence electrons. The molecule has 2 rings (SSSR count). The number of urea groups is 1. The van der Waals surface area contributed by atoms with Gasteiger partial charge in [-0.05, 0) is 12.8 Å². The highest BCUT2D eigenvalue weighted by molar-refractivity contribution is 6.00. The lowest BCUT2D eigenvalue weighted by molar-refractivity contribution is 0.259. The number of anilines is 1. The van der Waals surface area contributed by atoms with E-state index >= 15 is 0 Å². The lowest BCUT2D eigenvalue weighted by atomic mass is 10.1. The van der Waals surface area contributed by atoms with Gasteiger partial charge in [-0.3, -0.25) is 0 Å². The molecule has 1 aliphatic rings. The molecule has 0 atom stereocenters. The van der Waals surface area contributed by atoms with Crippen molar-refractivity contribution < 1.29 is 19.0 Å². The van der Waals surface area contributed by atoms with Crippen LogP contribution in [0.1, 0.15) is 19.3 Å². The van der Waals surface area contributed by atoms with Crippen LogP contribution in [0.3, 0.4) is 0 Å². The first-order valence-corrected chi connectivity index (χ1v) is 7.48. The van der Waals surface area contributed by atoms with E-state index in [1.54, 1.807) is 12.1 Å². The van der Waals surface area contributed by atoms with Crippen molar-refractivity contribution in [2.75, 3.05) is 40.2 Å². The van der Waals surface area contributed by atoms with Crippen LogP contribution >= 0.6 is 0 Å². The maximum absolute atomic E-state index is 12.1. The third-order valence-corrected chi connectivity index (χ3v) is 3.73. The zero-order valence-electron chi connectivity index (χ0n) is 14.0. The number of nitrogens with one attached hydrogen (secondary N) is 1. The van der Waals surface area contributed by atoms with Crippen LogP contribution in [0.5, 0.6) is 17.2 Å². The summed E-state index contributed by atoms with van der Waals surface area (Å²) in [6, 6.07) is 2.93. The van der Waals surface area contributed by atoms with Gasteiger partial charge < -0.3 is 24.4 Å². The van der Waals surface area contributed by atoms with Crippen molar-refractivity contribution in [2.24, 2.45) is 4.99 Å². The van der Waals surface area contributed by atoms with E-state index in [9.17, 15) is 4.79 Å². The topological polar surface area (TPSA) is 72.4 Å². The lowest BCUT2D eigenvalue weighted by Gasteiger charge is -2.25. The van der Waals surface area contributed by atoms with Gasteiger partial charge in [-0.1, -0.05) is 0 Å². The molecule has 1 aromatic rings. The number of piperidine rings is 1. The van der Waals surface area contributed by atoms with Crippen molar-refractivity contribution in [3.05, 3.63) is 12.1 Å². The minimum atomic E-state index is -0.414. The number of hydrogen-bond donors (Lipinski definition) is 1. The fraction of sp³-hybridized carbons (Fsp3) is 0.500. The Balaban J connectivity index is 2.19. The Morgan fingerprint density at radius 1 is 1.13 bits per heavy atom. The summed E-state index contributed by atoms with van der Waals surface area (Å²) in [4.78, 5) is 18.3. The van der Waals surface area contributed by atoms with Crippen molar-refractivity contribution in [2.45, 2.75) is 19.3 Å². The Hall–Kier alpha value is -2.44. The molecule has 7 heteroatoms. The first-order chi connectivity index (χ1) is 11.1. The Morgan fingerprint density at radius 2 is 1.78 bits per heavy atom. The van der Waals surface area contributed by atoms with Crippen LogP contribution in [0.25, 0.3) is 0 Å². The van der Waals surface area contributed by atoms with E-state index in [-0.39, 0.29) is 0 Å². The smallest absolute Gasteiger partial charge is 0.347 e. The van der Waals surface area contributed by atoms with Gasteiger partial charge in [0.1, 0.15) is 5.84 Å². The van der Waals surface area contributed by atoms with E-state index in [2.05, 4.69) is 10.3 Å². The predicted octanol–water partition coefficient (Wildman–Crippen LogP) is 2.76. The molecule has 1 saturated heterocycles. The van der Waals surface area contributed by atoms with E-state index in [1.165, 1.54) is 21.3 Å². The second kappa shape index (κ2) is 7.71. The van der Waals surface area contributed by atoms with Crippen LogP contribution in [0.4, 0.5) is 10.5 Å². The number of methoxy groups -OCH3 is 3. The number of ether oxygens (including phenoxy) is 3. The Morgan fingerprint density at radius 3 is 2.30 bits per heavy atom. The number of amides is 2. The predicted molar refractivity (Wildman–Crippen MR) is 89.0 cm³/mol. The number of carbonyl (C=O) groups excluding carboxylic acids is 1. The summed E-state index contributed by atoms with van der Waals surface area (Å²) in [5.74, 6) is 2.24. The van der Waals surface area contributed by atoms with Crippen LogP contribution in [0, 0.1) is 0 Å². The van der Waals surface area contributed by atoms with Crippen molar-refractivity contribution in [1.29, 1.82) is 0 Å². The molecule has 1 aliphatic heterocycles. The third-order valence-electron chi connectivity index (χ3n) is 3.73. The van der Waals surface area contributed by atoms with Gasteiger partial charge >= 0.3 is 6.03 Å². The average molecular weight is 321 g/mol. The molecule has 0 aromatic heterocycles. The highest BCUT2D eigenvalue weighted by Crippen LogP contribution is 2.39. The first-order valence-electron chi connectivity index (χ1n) is 7.48. The minimum Gasteiger partial charge on any atom is -0.493 e. The lowest BCUT2D eigenvalue weighted by Crippen LogP contribution is -2.32. The summed E-state index contributed by atoms with van der Waals surface area (Å²) in [5.41, 5.74) is 0.535. The fourth-order valence-electron chi connectivity index (χ4n) is 2.52. The molecular weight excluding hydrogens is 298 g/mol. The van der Waals surface area contributed by atoms with Crippen molar-refractivity contribution >= 4 is 17.6 Å². The van der Waals surface area contributed by atoms with Gasteiger partial charge in [-0.25, -0.2) is 4.79 Å². The molecule has 2 amide bonds. The highest BCUT2D eigenvalue weighted by atomic mass is 16.5. The minimum absolute atomic E-state index is 0.414. The summed E-state index contributed by atoms with van der Waals surface area (Å²) < 4.78 is 15.8. The van der Waals surface area contributed by atoms with Gasteiger partial charge in [-0.2, -0.15) is 4.99 Å². The van der Waals surface area contributed by atoms with Gasteiger partial charge in [0.15, 0.2) is 11.5 Å². The van der Waals surface area contributed by atoms with E-state index in [1.807, 2.05) is 11.9 Å². The van der Waals surface area contributed by atoms with Crippen LogP contribution < -0.4 is 19.5 Å². The van der Waals surface area contributed by atoms with E-state index in [4.69, 9.17) is 14.2 Å². The molecule has 1 N–H and O–H groups in total. The van der Waals surface area contributed by atoms with Gasteiger partial charge in [-0.15, -0.1) is 0 Å². The van der Waals surface area contributed by atoms with Crippen molar-refractivity contribution in [1.82, 2.24) is 4.90 Å². The zero-order valence-corrected chi connectivity index (χ0v) is 14.0. The molecule has 7 nitrogen and oxygen atoms in total. The van der Waals surface area contributed by atoms with E-state index in [0.717, 1.165) is 31.6 Å². The molecule has 0 radical (unpaired) electrons. The number of amidine groups is 1. The highest BCUT2D eigenvalue weighted by Gasteiger charge is 2.16. The summed E-state index contributed by atoms with van der Waals surface area (Å²) >= 11 is 0. The number of hydrogen-bond acceptors (Lipinski definition) is 4. The summed E-state index contributed by atoms with van der Waals surface area (Å²) in [6.45, 7) is 0.927. The monoisotopic (exact) mass is 321 g/mol. The second-order valence-electron chi connectivity index (χ2n) is 5.25. The van der Waals surface area contributed by atoms with E-state index in [0.29, 0.717) is 22.9 Å². The summed E-state index contributed by atoms with van der Waals surface area (Å²) in [7, 11) is 6.54. The number of rotatable bonds is 4. The van der Waals surface area contributed by atoms with Crippen molar-refractivity contribution in [3.8, 4) is 17.2 Å². The quantitative estimate of drug-likeness (QED) is 0.923. The number of carbonyl (C=O) groups is 1. The maximum atomic E-state index is 12.1.